The Hall–Kier alpha value is -3.77. The maximum Gasteiger partial charge on any atom is 0.201 e. The predicted molar refractivity (Wildman–Crippen MR) is 204 cm³/mol. The van der Waals surface area contributed by atoms with Crippen molar-refractivity contribution in [1.82, 2.24) is 0 Å². The zero-order chi connectivity index (χ0) is 34.6. The number of Topliss-reactive ketones (excluding diaryl/α,β-unsaturated/α-hetero) is 1. The molecule has 4 aromatic rings. The van der Waals surface area contributed by atoms with Gasteiger partial charge in [-0.2, -0.15) is 0 Å². The Balaban J connectivity index is 0.000000366. The van der Waals surface area contributed by atoms with Crippen molar-refractivity contribution in [2.24, 2.45) is 17.8 Å². The number of carbonyl (C=O) groups is 1. The van der Waals surface area contributed by atoms with Gasteiger partial charge in [0.25, 0.3) is 0 Å². The number of terminal acetylenes is 1. The van der Waals surface area contributed by atoms with Gasteiger partial charge >= 0.3 is 0 Å². The number of anilines is 1. The molecule has 2 unspecified atom stereocenters. The maximum atomic E-state index is 13.1. The number of ketones is 1. The van der Waals surface area contributed by atoms with Crippen LogP contribution in [0.2, 0.25) is 0 Å². The van der Waals surface area contributed by atoms with Crippen LogP contribution in [-0.4, -0.2) is 5.78 Å². The fourth-order valence-corrected chi connectivity index (χ4v) is 6.02. The highest BCUT2D eigenvalue weighted by atomic mass is 16.3. The van der Waals surface area contributed by atoms with Gasteiger partial charge in [-0.1, -0.05) is 139 Å². The lowest BCUT2D eigenvalue weighted by atomic mass is 9.82. The number of nitrogens with two attached hydrogens (primary N) is 1. The molecule has 1 aromatic heterocycles. The van der Waals surface area contributed by atoms with Crippen molar-refractivity contribution >= 4 is 22.4 Å². The molecule has 0 spiro atoms. The largest absolute Gasteiger partial charge is 0.453 e. The minimum absolute atomic E-state index is 0.0648. The third-order valence-electron chi connectivity index (χ3n) is 8.89. The molecule has 0 amide bonds. The maximum absolute atomic E-state index is 13.1. The van der Waals surface area contributed by atoms with Gasteiger partial charge in [0.1, 0.15) is 5.58 Å². The normalized spacial score (nSPS) is 13.8. The average Bonchev–Trinajstić information content (AvgIpc) is 3.52. The zero-order valence-corrected chi connectivity index (χ0v) is 30.1. The van der Waals surface area contributed by atoms with E-state index in [0.717, 1.165) is 61.1 Å². The van der Waals surface area contributed by atoms with E-state index in [0.29, 0.717) is 17.3 Å². The molecule has 1 heterocycles. The molecule has 2 N–H and O–H groups in total. The third-order valence-corrected chi connectivity index (χ3v) is 8.89. The monoisotopic (exact) mass is 634 g/mol. The molecular formula is C44H60NO2. The minimum Gasteiger partial charge on any atom is -0.453 e. The number of benzene rings is 3. The molecule has 3 heteroatoms. The summed E-state index contributed by atoms with van der Waals surface area (Å²) in [6.07, 6.45) is 18.9. The first-order chi connectivity index (χ1) is 22.7. The van der Waals surface area contributed by atoms with Gasteiger partial charge < -0.3 is 10.2 Å². The van der Waals surface area contributed by atoms with Crippen LogP contribution in [0, 0.1) is 50.9 Å². The van der Waals surface area contributed by atoms with Crippen molar-refractivity contribution in [2.45, 2.75) is 112 Å². The van der Waals surface area contributed by atoms with Gasteiger partial charge in [-0.25, -0.2) is 0 Å². The molecule has 0 saturated heterocycles. The van der Waals surface area contributed by atoms with E-state index >= 15 is 0 Å². The molecule has 5 rings (SSSR count). The summed E-state index contributed by atoms with van der Waals surface area (Å²) in [4.78, 5) is 13.1. The predicted octanol–water partition coefficient (Wildman–Crippen LogP) is 12.4. The van der Waals surface area contributed by atoms with Crippen molar-refractivity contribution in [1.29, 1.82) is 0 Å². The number of fused-ring (bicyclic) bond motifs is 1. The summed E-state index contributed by atoms with van der Waals surface area (Å²) in [5.41, 5.74) is 12.1. The Kier molecular flexibility index (Phi) is 18.4. The van der Waals surface area contributed by atoms with Crippen LogP contribution in [0.25, 0.3) is 11.0 Å². The van der Waals surface area contributed by atoms with E-state index in [1.165, 1.54) is 48.8 Å². The van der Waals surface area contributed by atoms with E-state index in [9.17, 15) is 4.79 Å². The minimum atomic E-state index is -0.0648. The highest BCUT2D eigenvalue weighted by Gasteiger charge is 2.26. The molecule has 47 heavy (non-hydrogen) atoms. The van der Waals surface area contributed by atoms with Gasteiger partial charge in [0.2, 0.25) is 5.78 Å². The number of hydrogen-bond donors (Lipinski definition) is 1. The van der Waals surface area contributed by atoms with Gasteiger partial charge in [-0.15, -0.1) is 6.42 Å². The van der Waals surface area contributed by atoms with Crippen molar-refractivity contribution < 1.29 is 9.21 Å². The first-order valence-electron chi connectivity index (χ1n) is 17.9. The summed E-state index contributed by atoms with van der Waals surface area (Å²) in [6.45, 7) is 16.4. The second kappa shape index (κ2) is 21.9. The van der Waals surface area contributed by atoms with Crippen molar-refractivity contribution in [2.75, 3.05) is 5.73 Å². The Morgan fingerprint density at radius 1 is 0.936 bits per heavy atom. The van der Waals surface area contributed by atoms with Crippen LogP contribution >= 0.6 is 0 Å². The second-order valence-corrected chi connectivity index (χ2v) is 12.9. The molecule has 3 aromatic carbocycles. The fraction of sp³-hybridized carbons (Fsp3) is 0.455. The van der Waals surface area contributed by atoms with Crippen molar-refractivity contribution in [3.05, 3.63) is 108 Å². The number of carbonyl (C=O) groups excluding carboxylic acids is 1. The highest BCUT2D eigenvalue weighted by molar-refractivity contribution is 5.99. The van der Waals surface area contributed by atoms with Crippen LogP contribution in [0.5, 0.6) is 0 Å². The van der Waals surface area contributed by atoms with E-state index in [1.807, 2.05) is 63.2 Å². The van der Waals surface area contributed by atoms with Gasteiger partial charge in [-0.05, 0) is 86.9 Å². The summed E-state index contributed by atoms with van der Waals surface area (Å²) in [5, 5.41) is 0.884. The molecule has 0 bridgehead atoms. The molecule has 1 aliphatic carbocycles. The lowest BCUT2D eigenvalue weighted by molar-refractivity contribution is 0.0847. The van der Waals surface area contributed by atoms with Crippen molar-refractivity contribution in [3.8, 4) is 12.3 Å². The van der Waals surface area contributed by atoms with Crippen LogP contribution in [-0.2, 0) is 6.42 Å². The number of unbranched alkanes of at least 4 members (excludes halogenated alkanes) is 1. The number of furan rings is 1. The number of aryl methyl sites for hydroxylation is 3. The fourth-order valence-electron chi connectivity index (χ4n) is 6.02. The molecular weight excluding hydrogens is 574 g/mol. The Morgan fingerprint density at radius 3 is 2.15 bits per heavy atom. The smallest absolute Gasteiger partial charge is 0.201 e. The van der Waals surface area contributed by atoms with Gasteiger partial charge in [0, 0.05) is 22.6 Å². The molecule has 0 aliphatic heterocycles. The molecule has 1 radical (unpaired) electrons. The van der Waals surface area contributed by atoms with Crippen LogP contribution in [0.1, 0.15) is 125 Å². The standard InChI is InChI=1S/C27H31NO2.C8H10.C7H13.C2H6/c1-4-9-22(12-7-6-10-21-11-8-13-24(28)17-21)19(3)27(29)26-18-23-16-20(5-2)14-15-25(23)30-26;1-7-3-5-8(2)6-4-7;1-7-5-3-2-4-6-7;1-2/h2,8,11,13-19,22H,4,6-7,9-10,12,28H2,1,3H3;3-6H,1-2H3;7H,1-6H2;1-2H3. The van der Waals surface area contributed by atoms with Gasteiger partial charge in [0.05, 0.1) is 0 Å². The lowest BCUT2D eigenvalue weighted by Crippen LogP contribution is -2.21. The average molecular weight is 635 g/mol. The Bertz CT molecular complexity index is 1460. The Morgan fingerprint density at radius 2 is 1.60 bits per heavy atom. The first-order valence-corrected chi connectivity index (χ1v) is 17.9. The SMILES string of the molecule is C#Cc1ccc2oc(C(=O)C(C)C(CCC)CCCCc3cccc(N)c3)cc2c1.CC.Cc1ccc(C)cc1.[CH2]C1CCCCC1. The molecule has 3 nitrogen and oxygen atoms in total. The van der Waals surface area contributed by atoms with E-state index in [4.69, 9.17) is 16.6 Å². The summed E-state index contributed by atoms with van der Waals surface area (Å²) < 4.78 is 5.84. The van der Waals surface area contributed by atoms with Crippen LogP contribution in [0.4, 0.5) is 5.69 Å². The van der Waals surface area contributed by atoms with Crippen LogP contribution in [0.15, 0.2) is 77.2 Å². The summed E-state index contributed by atoms with van der Waals surface area (Å²) >= 11 is 0. The number of nitrogen functional groups attached to an aromatic ring is 1. The number of rotatable bonds is 10. The van der Waals surface area contributed by atoms with E-state index < -0.39 is 0 Å². The van der Waals surface area contributed by atoms with Crippen molar-refractivity contribution in [3.63, 3.8) is 0 Å². The summed E-state index contributed by atoms with van der Waals surface area (Å²) in [5.74, 6) is 4.23. The Labute approximate surface area is 286 Å². The number of hydrogen-bond acceptors (Lipinski definition) is 3. The van der Waals surface area contributed by atoms with E-state index in [2.05, 4.69) is 63.9 Å². The molecule has 1 fully saturated rings. The molecule has 1 aliphatic rings. The topological polar surface area (TPSA) is 56.2 Å². The van der Waals surface area contributed by atoms with E-state index in [-0.39, 0.29) is 11.7 Å². The van der Waals surface area contributed by atoms with E-state index in [1.54, 1.807) is 0 Å². The van der Waals surface area contributed by atoms with Crippen LogP contribution in [0.3, 0.4) is 0 Å². The van der Waals surface area contributed by atoms with Gasteiger partial charge in [0.15, 0.2) is 5.76 Å². The highest BCUT2D eigenvalue weighted by Crippen LogP contribution is 2.30. The zero-order valence-electron chi connectivity index (χ0n) is 30.1. The molecule has 253 valence electrons. The van der Waals surface area contributed by atoms with Crippen LogP contribution < -0.4 is 5.73 Å². The summed E-state index contributed by atoms with van der Waals surface area (Å²) in [7, 11) is 0. The molecule has 1 saturated carbocycles. The summed E-state index contributed by atoms with van der Waals surface area (Å²) in [6, 6.07) is 24.0. The molecule has 2 atom stereocenters. The third kappa shape index (κ3) is 14.3. The van der Waals surface area contributed by atoms with Gasteiger partial charge in [-0.3, -0.25) is 4.79 Å². The first kappa shape index (κ1) is 39.4. The second-order valence-electron chi connectivity index (χ2n) is 12.9. The lowest BCUT2D eigenvalue weighted by Gasteiger charge is -2.22. The quantitative estimate of drug-likeness (QED) is 0.0817.